The van der Waals surface area contributed by atoms with Gasteiger partial charge in [0.25, 0.3) is 5.69 Å². The van der Waals surface area contributed by atoms with Gasteiger partial charge in [-0.1, -0.05) is 30.3 Å². The Morgan fingerprint density at radius 2 is 1.84 bits per heavy atom. The Bertz CT molecular complexity index is 572. The first-order valence-corrected chi connectivity index (χ1v) is 6.74. The van der Waals surface area contributed by atoms with Crippen LogP contribution < -0.4 is 0 Å². The van der Waals surface area contributed by atoms with Crippen LogP contribution in [0.15, 0.2) is 53.4 Å². The highest BCUT2D eigenvalue weighted by Crippen LogP contribution is 2.32. The largest absolute Gasteiger partial charge is 0.392 e. The summed E-state index contributed by atoms with van der Waals surface area (Å²) in [4.78, 5) is 11.2. The van der Waals surface area contributed by atoms with Crippen molar-refractivity contribution < 1.29 is 10.0 Å². The van der Waals surface area contributed by atoms with Crippen molar-refractivity contribution in [1.82, 2.24) is 0 Å². The molecule has 2 aromatic carbocycles. The predicted octanol–water partition coefficient (Wildman–Crippen LogP) is 3.38. The number of hydrogen-bond acceptors (Lipinski definition) is 4. The number of aliphatic hydroxyl groups excluding tert-OH is 1. The zero-order valence-electron chi connectivity index (χ0n) is 10.2. The second-order valence-corrected chi connectivity index (χ2v) is 5.01. The van der Waals surface area contributed by atoms with Crippen molar-refractivity contribution in [3.8, 4) is 0 Å². The Kier molecular flexibility index (Phi) is 4.54. The molecule has 0 heterocycles. The first kappa shape index (κ1) is 13.6. The second kappa shape index (κ2) is 6.36. The minimum Gasteiger partial charge on any atom is -0.392 e. The summed E-state index contributed by atoms with van der Waals surface area (Å²) in [5.41, 5.74) is 1.87. The van der Waals surface area contributed by atoms with E-state index in [1.54, 1.807) is 12.1 Å². The normalized spacial score (nSPS) is 10.4. The molecule has 1 N–H and O–H groups in total. The summed E-state index contributed by atoms with van der Waals surface area (Å²) in [5.74, 6) is 0.663. The van der Waals surface area contributed by atoms with E-state index in [4.69, 9.17) is 5.11 Å². The van der Waals surface area contributed by atoms with Crippen molar-refractivity contribution in [2.24, 2.45) is 0 Å². The maximum Gasteiger partial charge on any atom is 0.282 e. The van der Waals surface area contributed by atoms with Gasteiger partial charge in [0.2, 0.25) is 0 Å². The zero-order chi connectivity index (χ0) is 13.7. The van der Waals surface area contributed by atoms with Gasteiger partial charge < -0.3 is 5.11 Å². The van der Waals surface area contributed by atoms with E-state index < -0.39 is 4.92 Å². The van der Waals surface area contributed by atoms with E-state index in [-0.39, 0.29) is 12.3 Å². The molecule has 0 amide bonds. The minimum atomic E-state index is -0.394. The molecule has 0 aromatic heterocycles. The first-order chi connectivity index (χ1) is 9.20. The fourth-order valence-electron chi connectivity index (χ4n) is 1.66. The average molecular weight is 275 g/mol. The van der Waals surface area contributed by atoms with Crippen LogP contribution in [0, 0.1) is 10.1 Å². The number of benzene rings is 2. The van der Waals surface area contributed by atoms with Crippen LogP contribution in [-0.4, -0.2) is 10.0 Å². The molecule has 0 atom stereocenters. The average Bonchev–Trinajstić information content (AvgIpc) is 2.45. The molecule has 19 heavy (non-hydrogen) atoms. The number of thioether (sulfide) groups is 1. The van der Waals surface area contributed by atoms with E-state index in [1.807, 2.05) is 30.3 Å². The van der Waals surface area contributed by atoms with E-state index in [2.05, 4.69) is 0 Å². The van der Waals surface area contributed by atoms with Gasteiger partial charge in [0.15, 0.2) is 0 Å². The Labute approximate surface area is 115 Å². The Balaban J connectivity index is 2.20. The molecular weight excluding hydrogens is 262 g/mol. The van der Waals surface area contributed by atoms with Gasteiger partial charge in [-0.3, -0.25) is 10.1 Å². The van der Waals surface area contributed by atoms with Gasteiger partial charge in [0.1, 0.15) is 0 Å². The van der Waals surface area contributed by atoms with E-state index in [0.717, 1.165) is 5.56 Å². The number of nitro benzene ring substituents is 1. The fourth-order valence-corrected chi connectivity index (χ4v) is 2.70. The summed E-state index contributed by atoms with van der Waals surface area (Å²) < 4.78 is 0. The molecule has 5 heteroatoms. The van der Waals surface area contributed by atoms with Gasteiger partial charge >= 0.3 is 0 Å². The van der Waals surface area contributed by atoms with Crippen molar-refractivity contribution in [2.45, 2.75) is 17.3 Å². The highest BCUT2D eigenvalue weighted by Gasteiger charge is 2.14. The van der Waals surface area contributed by atoms with Crippen molar-refractivity contribution in [3.05, 3.63) is 69.8 Å². The summed E-state index contributed by atoms with van der Waals surface area (Å²) >= 11 is 1.41. The summed E-state index contributed by atoms with van der Waals surface area (Å²) in [6.45, 7) is -0.114. The van der Waals surface area contributed by atoms with Crippen LogP contribution in [0.5, 0.6) is 0 Å². The molecular formula is C14H13NO3S. The number of nitrogens with zero attached hydrogens (tertiary/aromatic N) is 1. The van der Waals surface area contributed by atoms with Gasteiger partial charge in [-0.15, -0.1) is 11.8 Å². The molecule has 0 radical (unpaired) electrons. The van der Waals surface area contributed by atoms with Gasteiger partial charge in [0.05, 0.1) is 16.4 Å². The van der Waals surface area contributed by atoms with Crippen molar-refractivity contribution in [1.29, 1.82) is 0 Å². The van der Waals surface area contributed by atoms with Crippen molar-refractivity contribution in [2.75, 3.05) is 0 Å². The Morgan fingerprint density at radius 3 is 2.47 bits per heavy atom. The van der Waals surface area contributed by atoms with Crippen LogP contribution in [0.2, 0.25) is 0 Å². The molecule has 0 saturated carbocycles. The summed E-state index contributed by atoms with van der Waals surface area (Å²) in [6.07, 6.45) is 0. The number of aliphatic hydroxyl groups is 1. The third-order valence-electron chi connectivity index (χ3n) is 2.64. The topological polar surface area (TPSA) is 63.4 Å². The summed E-state index contributed by atoms with van der Waals surface area (Å²) in [7, 11) is 0. The van der Waals surface area contributed by atoms with Gasteiger partial charge in [-0.25, -0.2) is 0 Å². The van der Waals surface area contributed by atoms with Crippen LogP contribution >= 0.6 is 11.8 Å². The lowest BCUT2D eigenvalue weighted by Gasteiger charge is -2.05. The van der Waals surface area contributed by atoms with Crippen LogP contribution in [-0.2, 0) is 12.4 Å². The molecule has 2 aromatic rings. The number of hydrogen-bond donors (Lipinski definition) is 1. The summed E-state index contributed by atoms with van der Waals surface area (Å²) in [5, 5.41) is 20.1. The lowest BCUT2D eigenvalue weighted by molar-refractivity contribution is -0.387. The van der Waals surface area contributed by atoms with E-state index >= 15 is 0 Å². The highest BCUT2D eigenvalue weighted by atomic mass is 32.2. The molecule has 0 spiro atoms. The Morgan fingerprint density at radius 1 is 1.11 bits per heavy atom. The van der Waals surface area contributed by atoms with Gasteiger partial charge in [0, 0.05) is 11.8 Å². The number of nitro groups is 1. The minimum absolute atomic E-state index is 0.0816. The lowest BCUT2D eigenvalue weighted by Crippen LogP contribution is -1.93. The Hall–Kier alpha value is -1.85. The molecule has 98 valence electrons. The maximum atomic E-state index is 11.0. The monoisotopic (exact) mass is 275 g/mol. The van der Waals surface area contributed by atoms with Gasteiger partial charge in [-0.2, -0.15) is 0 Å². The standard InChI is InChI=1S/C14H13NO3S/c16-9-12-6-7-13(15(17)18)14(8-12)19-10-11-4-2-1-3-5-11/h1-8,16H,9-10H2. The molecule has 4 nitrogen and oxygen atoms in total. The predicted molar refractivity (Wildman–Crippen MR) is 75.0 cm³/mol. The molecule has 0 saturated heterocycles. The highest BCUT2D eigenvalue weighted by molar-refractivity contribution is 7.98. The second-order valence-electron chi connectivity index (χ2n) is 3.99. The molecule has 0 aliphatic rings. The smallest absolute Gasteiger partial charge is 0.282 e. The third-order valence-corrected chi connectivity index (χ3v) is 3.76. The van der Waals surface area contributed by atoms with E-state index in [1.165, 1.54) is 17.8 Å². The summed E-state index contributed by atoms with van der Waals surface area (Å²) in [6, 6.07) is 14.5. The van der Waals surface area contributed by atoms with Crippen LogP contribution in [0.25, 0.3) is 0 Å². The SMILES string of the molecule is O=[N+]([O-])c1ccc(CO)cc1SCc1ccccc1. The zero-order valence-corrected chi connectivity index (χ0v) is 11.0. The first-order valence-electron chi connectivity index (χ1n) is 5.75. The third kappa shape index (κ3) is 3.56. The molecule has 0 bridgehead atoms. The van der Waals surface area contributed by atoms with Gasteiger partial charge in [-0.05, 0) is 23.3 Å². The molecule has 0 aliphatic carbocycles. The van der Waals surface area contributed by atoms with Crippen molar-refractivity contribution in [3.63, 3.8) is 0 Å². The quantitative estimate of drug-likeness (QED) is 0.516. The number of rotatable bonds is 5. The maximum absolute atomic E-state index is 11.0. The van der Waals surface area contributed by atoms with E-state index in [9.17, 15) is 10.1 Å². The van der Waals surface area contributed by atoms with Crippen LogP contribution in [0.4, 0.5) is 5.69 Å². The van der Waals surface area contributed by atoms with E-state index in [0.29, 0.717) is 16.2 Å². The molecule has 2 rings (SSSR count). The van der Waals surface area contributed by atoms with Crippen molar-refractivity contribution >= 4 is 17.4 Å². The molecule has 0 unspecified atom stereocenters. The van der Waals surface area contributed by atoms with Crippen LogP contribution in [0.3, 0.4) is 0 Å². The molecule has 0 fully saturated rings. The lowest BCUT2D eigenvalue weighted by atomic mass is 10.2. The van der Waals surface area contributed by atoms with Crippen LogP contribution in [0.1, 0.15) is 11.1 Å². The fraction of sp³-hybridized carbons (Fsp3) is 0.143. The molecule has 0 aliphatic heterocycles.